The normalized spacial score (nSPS) is 22.5. The minimum Gasteiger partial charge on any atom is -0.382 e. The summed E-state index contributed by atoms with van der Waals surface area (Å²) in [5, 5.41) is 12.6. The van der Waals surface area contributed by atoms with E-state index in [1.54, 1.807) is 7.11 Å². The van der Waals surface area contributed by atoms with E-state index in [4.69, 9.17) is 9.47 Å². The largest absolute Gasteiger partial charge is 0.382 e. The first-order valence-electron chi connectivity index (χ1n) is 6.32. The van der Waals surface area contributed by atoms with Crippen LogP contribution in [-0.2, 0) is 9.47 Å². The van der Waals surface area contributed by atoms with Crippen molar-refractivity contribution in [1.29, 1.82) is 5.26 Å². The van der Waals surface area contributed by atoms with Gasteiger partial charge in [-0.05, 0) is 33.6 Å². The fourth-order valence-electron chi connectivity index (χ4n) is 2.11. The average Bonchev–Trinajstić information content (AvgIpc) is 3.01. The Morgan fingerprint density at radius 1 is 1.41 bits per heavy atom. The Morgan fingerprint density at radius 2 is 2.06 bits per heavy atom. The Hall–Kier alpha value is -0.630. The van der Waals surface area contributed by atoms with Crippen LogP contribution in [0.15, 0.2) is 0 Å². The summed E-state index contributed by atoms with van der Waals surface area (Å²) in [6.07, 6.45) is 3.20. The molecule has 1 aliphatic rings. The molecule has 1 rings (SSSR count). The summed E-state index contributed by atoms with van der Waals surface area (Å²) in [4.78, 5) is 0. The Morgan fingerprint density at radius 3 is 2.53 bits per heavy atom. The van der Waals surface area contributed by atoms with Gasteiger partial charge in [0.1, 0.15) is 5.54 Å². The molecule has 4 nitrogen and oxygen atoms in total. The first-order chi connectivity index (χ1) is 7.99. The van der Waals surface area contributed by atoms with Crippen LogP contribution in [0.2, 0.25) is 0 Å². The second-order valence-corrected chi connectivity index (χ2v) is 5.28. The van der Waals surface area contributed by atoms with Gasteiger partial charge in [0, 0.05) is 19.6 Å². The van der Waals surface area contributed by atoms with Gasteiger partial charge in [-0.15, -0.1) is 0 Å². The van der Waals surface area contributed by atoms with Crippen molar-refractivity contribution in [3.05, 3.63) is 0 Å². The van der Waals surface area contributed by atoms with Gasteiger partial charge in [-0.2, -0.15) is 5.26 Å². The van der Waals surface area contributed by atoms with Gasteiger partial charge in [0.15, 0.2) is 0 Å². The summed E-state index contributed by atoms with van der Waals surface area (Å²) < 4.78 is 10.8. The topological polar surface area (TPSA) is 54.3 Å². The highest BCUT2D eigenvalue weighted by molar-refractivity contribution is 5.07. The SMILES string of the molecule is COCC(C)OC(C)CC(C)(C#N)NC1CC1. The first-order valence-corrected chi connectivity index (χ1v) is 6.32. The maximum Gasteiger partial charge on any atom is 0.106 e. The molecule has 1 saturated carbocycles. The van der Waals surface area contributed by atoms with Crippen molar-refractivity contribution in [3.8, 4) is 6.07 Å². The van der Waals surface area contributed by atoms with E-state index in [9.17, 15) is 5.26 Å². The maximum atomic E-state index is 9.26. The van der Waals surface area contributed by atoms with Crippen molar-refractivity contribution >= 4 is 0 Å². The molecule has 0 aromatic carbocycles. The third-order valence-electron chi connectivity index (χ3n) is 2.91. The zero-order chi connectivity index (χ0) is 12.9. The quantitative estimate of drug-likeness (QED) is 0.703. The van der Waals surface area contributed by atoms with Gasteiger partial charge in [-0.3, -0.25) is 5.32 Å². The smallest absolute Gasteiger partial charge is 0.106 e. The molecule has 0 radical (unpaired) electrons. The number of nitrogens with one attached hydrogen (secondary N) is 1. The lowest BCUT2D eigenvalue weighted by atomic mass is 9.96. The molecule has 0 aromatic heterocycles. The molecule has 3 atom stereocenters. The number of nitrogens with zero attached hydrogens (tertiary/aromatic N) is 1. The summed E-state index contributed by atoms with van der Waals surface area (Å²) in [5.74, 6) is 0. The molecule has 0 aromatic rings. The van der Waals surface area contributed by atoms with Gasteiger partial charge >= 0.3 is 0 Å². The molecular weight excluding hydrogens is 216 g/mol. The predicted octanol–water partition coefficient (Wildman–Crippen LogP) is 1.85. The molecular formula is C13H24N2O2. The molecule has 0 aliphatic heterocycles. The van der Waals surface area contributed by atoms with Crippen LogP contribution in [0, 0.1) is 11.3 Å². The highest BCUT2D eigenvalue weighted by Gasteiger charge is 2.34. The number of hydrogen-bond acceptors (Lipinski definition) is 4. The Balaban J connectivity index is 2.35. The Labute approximate surface area is 104 Å². The van der Waals surface area contributed by atoms with Gasteiger partial charge in [-0.25, -0.2) is 0 Å². The zero-order valence-corrected chi connectivity index (χ0v) is 11.3. The minimum atomic E-state index is -0.479. The second kappa shape index (κ2) is 6.34. The van der Waals surface area contributed by atoms with Crippen molar-refractivity contribution in [2.75, 3.05) is 13.7 Å². The van der Waals surface area contributed by atoms with E-state index in [1.165, 1.54) is 12.8 Å². The van der Waals surface area contributed by atoms with Gasteiger partial charge in [0.2, 0.25) is 0 Å². The lowest BCUT2D eigenvalue weighted by molar-refractivity contribution is -0.0397. The molecule has 1 aliphatic carbocycles. The molecule has 0 spiro atoms. The second-order valence-electron chi connectivity index (χ2n) is 5.28. The van der Waals surface area contributed by atoms with Gasteiger partial charge < -0.3 is 9.47 Å². The molecule has 1 N–H and O–H groups in total. The number of methoxy groups -OCH3 is 1. The molecule has 17 heavy (non-hydrogen) atoms. The summed E-state index contributed by atoms with van der Waals surface area (Å²) >= 11 is 0. The Kier molecular flexibility index (Phi) is 5.38. The monoisotopic (exact) mass is 240 g/mol. The van der Waals surface area contributed by atoms with Crippen molar-refractivity contribution < 1.29 is 9.47 Å². The van der Waals surface area contributed by atoms with Crippen LogP contribution in [0.3, 0.4) is 0 Å². The van der Waals surface area contributed by atoms with Crippen LogP contribution in [0.5, 0.6) is 0 Å². The van der Waals surface area contributed by atoms with Crippen molar-refractivity contribution in [2.24, 2.45) is 0 Å². The third kappa shape index (κ3) is 5.49. The molecule has 98 valence electrons. The lowest BCUT2D eigenvalue weighted by Crippen LogP contribution is -2.45. The molecule has 0 amide bonds. The molecule has 4 heteroatoms. The van der Waals surface area contributed by atoms with E-state index in [0.29, 0.717) is 19.1 Å². The number of hydrogen-bond donors (Lipinski definition) is 1. The van der Waals surface area contributed by atoms with Gasteiger partial charge in [0.25, 0.3) is 0 Å². The van der Waals surface area contributed by atoms with E-state index in [-0.39, 0.29) is 12.2 Å². The molecule has 0 saturated heterocycles. The van der Waals surface area contributed by atoms with Crippen molar-refractivity contribution in [3.63, 3.8) is 0 Å². The number of rotatable bonds is 8. The van der Waals surface area contributed by atoms with Crippen LogP contribution in [-0.4, -0.2) is 37.5 Å². The lowest BCUT2D eigenvalue weighted by Gasteiger charge is -2.28. The van der Waals surface area contributed by atoms with Crippen molar-refractivity contribution in [1.82, 2.24) is 5.32 Å². The van der Waals surface area contributed by atoms with E-state index >= 15 is 0 Å². The molecule has 0 heterocycles. The number of nitriles is 1. The summed E-state index contributed by atoms with van der Waals surface area (Å²) in [6, 6.07) is 2.89. The van der Waals surface area contributed by atoms with Crippen LogP contribution >= 0.6 is 0 Å². The fraction of sp³-hybridized carbons (Fsp3) is 0.923. The van der Waals surface area contributed by atoms with E-state index < -0.39 is 5.54 Å². The first kappa shape index (κ1) is 14.4. The van der Waals surface area contributed by atoms with E-state index in [1.807, 2.05) is 20.8 Å². The van der Waals surface area contributed by atoms with Crippen LogP contribution < -0.4 is 5.32 Å². The van der Waals surface area contributed by atoms with Crippen molar-refractivity contribution in [2.45, 2.75) is 63.8 Å². The van der Waals surface area contributed by atoms with Gasteiger partial charge in [-0.1, -0.05) is 0 Å². The highest BCUT2D eigenvalue weighted by atomic mass is 16.5. The average molecular weight is 240 g/mol. The minimum absolute atomic E-state index is 0.0519. The van der Waals surface area contributed by atoms with E-state index in [2.05, 4.69) is 11.4 Å². The number of ether oxygens (including phenoxy) is 2. The third-order valence-corrected chi connectivity index (χ3v) is 2.91. The predicted molar refractivity (Wildman–Crippen MR) is 66.7 cm³/mol. The fourth-order valence-corrected chi connectivity index (χ4v) is 2.11. The molecule has 1 fully saturated rings. The summed E-state index contributed by atoms with van der Waals surface area (Å²) in [7, 11) is 1.67. The highest BCUT2D eigenvalue weighted by Crippen LogP contribution is 2.25. The summed E-state index contributed by atoms with van der Waals surface area (Å²) in [5.41, 5.74) is -0.479. The van der Waals surface area contributed by atoms with Crippen LogP contribution in [0.25, 0.3) is 0 Å². The maximum absolute atomic E-state index is 9.26. The van der Waals surface area contributed by atoms with Gasteiger partial charge in [0.05, 0.1) is 24.9 Å². The molecule has 3 unspecified atom stereocenters. The summed E-state index contributed by atoms with van der Waals surface area (Å²) in [6.45, 7) is 6.53. The van der Waals surface area contributed by atoms with Crippen LogP contribution in [0.4, 0.5) is 0 Å². The molecule has 0 bridgehead atoms. The van der Waals surface area contributed by atoms with Crippen LogP contribution in [0.1, 0.15) is 40.0 Å². The zero-order valence-electron chi connectivity index (χ0n) is 11.3. The standard InChI is InChI=1S/C13H24N2O2/c1-10(17-11(2)8-16-4)7-13(3,9-14)15-12-5-6-12/h10-12,15H,5-8H2,1-4H3. The Bertz CT molecular complexity index is 273. The van der Waals surface area contributed by atoms with E-state index in [0.717, 1.165) is 0 Å².